The van der Waals surface area contributed by atoms with E-state index in [-0.39, 0.29) is 17.9 Å². The highest BCUT2D eigenvalue weighted by Crippen LogP contribution is 2.35. The maximum atomic E-state index is 12.8. The number of carbonyl (C=O) groups excluding carboxylic acids is 2. The fourth-order valence-corrected chi connectivity index (χ4v) is 3.78. The smallest absolute Gasteiger partial charge is 0.261 e. The van der Waals surface area contributed by atoms with Crippen LogP contribution in [0, 0.1) is 0 Å². The number of carbonyl (C=O) groups is 2. The van der Waals surface area contributed by atoms with E-state index in [0.717, 1.165) is 10.0 Å². The summed E-state index contributed by atoms with van der Waals surface area (Å²) in [5.41, 5.74) is 1.82. The molecule has 2 amide bonds. The topological polar surface area (TPSA) is 55.8 Å². The SMILES string of the molecule is CCC(Cc1cc(OC)c(Br)cc1OC)N1C(=O)c2ccccc2C1=O. The first-order valence-corrected chi connectivity index (χ1v) is 9.18. The van der Waals surface area contributed by atoms with E-state index < -0.39 is 0 Å². The molecule has 0 N–H and O–H groups in total. The molecule has 3 rings (SSSR count). The minimum atomic E-state index is -0.262. The summed E-state index contributed by atoms with van der Waals surface area (Å²) >= 11 is 3.45. The lowest BCUT2D eigenvalue weighted by Gasteiger charge is -2.26. The van der Waals surface area contributed by atoms with Gasteiger partial charge in [0, 0.05) is 6.04 Å². The Labute approximate surface area is 161 Å². The fraction of sp³-hybridized carbons (Fsp3) is 0.300. The van der Waals surface area contributed by atoms with Gasteiger partial charge in [0.2, 0.25) is 0 Å². The highest BCUT2D eigenvalue weighted by atomic mass is 79.9. The summed E-state index contributed by atoms with van der Waals surface area (Å²) in [5, 5.41) is 0. The molecule has 2 aromatic rings. The van der Waals surface area contributed by atoms with Gasteiger partial charge in [0.15, 0.2) is 0 Å². The van der Waals surface area contributed by atoms with Gasteiger partial charge in [-0.1, -0.05) is 19.1 Å². The van der Waals surface area contributed by atoms with Crippen LogP contribution in [0.25, 0.3) is 0 Å². The zero-order valence-corrected chi connectivity index (χ0v) is 16.5. The number of ether oxygens (including phenoxy) is 2. The molecule has 0 aromatic heterocycles. The Hall–Kier alpha value is -2.34. The first kappa shape index (κ1) is 18.5. The van der Waals surface area contributed by atoms with Gasteiger partial charge in [-0.2, -0.15) is 0 Å². The van der Waals surface area contributed by atoms with Crippen molar-refractivity contribution in [3.63, 3.8) is 0 Å². The monoisotopic (exact) mass is 417 g/mol. The molecule has 5 nitrogen and oxygen atoms in total. The lowest BCUT2D eigenvalue weighted by molar-refractivity contribution is 0.0579. The van der Waals surface area contributed by atoms with Crippen molar-refractivity contribution in [1.82, 2.24) is 4.90 Å². The predicted molar refractivity (Wildman–Crippen MR) is 102 cm³/mol. The summed E-state index contributed by atoms with van der Waals surface area (Å²) in [6, 6.07) is 10.4. The van der Waals surface area contributed by atoms with E-state index in [4.69, 9.17) is 9.47 Å². The van der Waals surface area contributed by atoms with Gasteiger partial charge in [-0.05, 0) is 58.6 Å². The van der Waals surface area contributed by atoms with Crippen LogP contribution in [-0.4, -0.2) is 37.0 Å². The number of rotatable bonds is 6. The number of nitrogens with zero attached hydrogens (tertiary/aromatic N) is 1. The number of fused-ring (bicyclic) bond motifs is 1. The third-order valence-electron chi connectivity index (χ3n) is 4.67. The van der Waals surface area contributed by atoms with Crippen LogP contribution >= 0.6 is 15.9 Å². The van der Waals surface area contributed by atoms with Crippen LogP contribution in [-0.2, 0) is 6.42 Å². The maximum absolute atomic E-state index is 12.8. The molecule has 136 valence electrons. The minimum absolute atomic E-state index is 0.236. The van der Waals surface area contributed by atoms with Crippen LogP contribution < -0.4 is 9.47 Å². The van der Waals surface area contributed by atoms with E-state index in [1.807, 2.05) is 19.1 Å². The normalized spacial score (nSPS) is 14.4. The highest BCUT2D eigenvalue weighted by molar-refractivity contribution is 9.10. The summed E-state index contributed by atoms with van der Waals surface area (Å²) < 4.78 is 11.6. The molecule has 0 fully saturated rings. The summed E-state index contributed by atoms with van der Waals surface area (Å²) in [7, 11) is 3.19. The Morgan fingerprint density at radius 2 is 1.58 bits per heavy atom. The Kier molecular flexibility index (Phi) is 5.32. The molecule has 0 bridgehead atoms. The second-order valence-electron chi connectivity index (χ2n) is 6.09. The Morgan fingerprint density at radius 3 is 2.08 bits per heavy atom. The van der Waals surface area contributed by atoms with Gasteiger partial charge in [-0.3, -0.25) is 14.5 Å². The van der Waals surface area contributed by atoms with E-state index in [1.165, 1.54) is 4.90 Å². The molecule has 1 atom stereocenters. The van der Waals surface area contributed by atoms with Crippen molar-refractivity contribution in [2.45, 2.75) is 25.8 Å². The summed E-state index contributed by atoms with van der Waals surface area (Å²) in [6.07, 6.45) is 1.14. The molecule has 0 saturated heterocycles. The van der Waals surface area contributed by atoms with Crippen molar-refractivity contribution in [3.8, 4) is 11.5 Å². The summed E-state index contributed by atoms with van der Waals surface area (Å²) in [6.45, 7) is 1.97. The fourth-order valence-electron chi connectivity index (χ4n) is 3.29. The van der Waals surface area contributed by atoms with Crippen molar-refractivity contribution < 1.29 is 19.1 Å². The Morgan fingerprint density at radius 1 is 1.00 bits per heavy atom. The van der Waals surface area contributed by atoms with Gasteiger partial charge in [0.1, 0.15) is 11.5 Å². The van der Waals surface area contributed by atoms with Gasteiger partial charge >= 0.3 is 0 Å². The van der Waals surface area contributed by atoms with Gasteiger partial charge in [0.25, 0.3) is 11.8 Å². The van der Waals surface area contributed by atoms with Crippen LogP contribution in [0.5, 0.6) is 11.5 Å². The van der Waals surface area contributed by atoms with Crippen molar-refractivity contribution in [2.75, 3.05) is 14.2 Å². The molecular formula is C20H20BrNO4. The summed E-state index contributed by atoms with van der Waals surface area (Å²) in [4.78, 5) is 26.9. The van der Waals surface area contributed by atoms with Gasteiger partial charge in [-0.15, -0.1) is 0 Å². The lowest BCUT2D eigenvalue weighted by atomic mass is 10.0. The molecule has 1 unspecified atom stereocenters. The van der Waals surface area contributed by atoms with Crippen LogP contribution in [0.4, 0.5) is 0 Å². The Balaban J connectivity index is 1.94. The van der Waals surface area contributed by atoms with Crippen molar-refractivity contribution in [2.24, 2.45) is 0 Å². The van der Waals surface area contributed by atoms with Crippen molar-refractivity contribution >= 4 is 27.7 Å². The second kappa shape index (κ2) is 7.50. The van der Waals surface area contributed by atoms with Crippen LogP contribution in [0.3, 0.4) is 0 Å². The highest BCUT2D eigenvalue weighted by Gasteiger charge is 2.39. The molecule has 0 aliphatic carbocycles. The quantitative estimate of drug-likeness (QED) is 0.664. The number of hydrogen-bond donors (Lipinski definition) is 0. The van der Waals surface area contributed by atoms with Gasteiger partial charge in [-0.25, -0.2) is 0 Å². The van der Waals surface area contributed by atoms with Gasteiger partial charge < -0.3 is 9.47 Å². The average molecular weight is 418 g/mol. The molecule has 2 aromatic carbocycles. The van der Waals surface area contributed by atoms with E-state index in [1.54, 1.807) is 38.5 Å². The van der Waals surface area contributed by atoms with Crippen LogP contribution in [0.2, 0.25) is 0 Å². The number of hydrogen-bond acceptors (Lipinski definition) is 4. The number of halogens is 1. The van der Waals surface area contributed by atoms with E-state index in [9.17, 15) is 9.59 Å². The molecule has 26 heavy (non-hydrogen) atoms. The molecule has 1 aliphatic heterocycles. The predicted octanol–water partition coefficient (Wildman–Crippen LogP) is 4.08. The minimum Gasteiger partial charge on any atom is -0.496 e. The van der Waals surface area contributed by atoms with Crippen molar-refractivity contribution in [1.29, 1.82) is 0 Å². The van der Waals surface area contributed by atoms with Crippen LogP contribution in [0.15, 0.2) is 40.9 Å². The largest absolute Gasteiger partial charge is 0.496 e. The standard InChI is InChI=1S/C20H20BrNO4/c1-4-13(9-12-10-18(26-3)16(21)11-17(12)25-2)22-19(23)14-7-5-6-8-15(14)20(22)24/h5-8,10-11,13H,4,9H2,1-3H3. The second-order valence-corrected chi connectivity index (χ2v) is 6.95. The number of imide groups is 1. The third kappa shape index (κ3) is 3.09. The molecule has 1 aliphatic rings. The van der Waals surface area contributed by atoms with Gasteiger partial charge in [0.05, 0.1) is 29.8 Å². The molecule has 0 spiro atoms. The zero-order valence-electron chi connectivity index (χ0n) is 14.9. The molecule has 0 radical (unpaired) electrons. The van der Waals surface area contributed by atoms with Crippen molar-refractivity contribution in [3.05, 3.63) is 57.6 Å². The molecule has 1 heterocycles. The molecular weight excluding hydrogens is 398 g/mol. The molecule has 0 saturated carbocycles. The van der Waals surface area contributed by atoms with E-state index in [2.05, 4.69) is 15.9 Å². The summed E-state index contributed by atoms with van der Waals surface area (Å²) in [5.74, 6) is 0.895. The zero-order chi connectivity index (χ0) is 18.8. The van der Waals surface area contributed by atoms with E-state index in [0.29, 0.717) is 35.5 Å². The number of amides is 2. The lowest BCUT2D eigenvalue weighted by Crippen LogP contribution is -2.40. The first-order chi connectivity index (χ1) is 12.5. The number of benzene rings is 2. The van der Waals surface area contributed by atoms with E-state index >= 15 is 0 Å². The average Bonchev–Trinajstić information content (AvgIpc) is 2.91. The third-order valence-corrected chi connectivity index (χ3v) is 5.29. The Bertz CT molecular complexity index is 830. The number of methoxy groups -OCH3 is 2. The van der Waals surface area contributed by atoms with Crippen LogP contribution in [0.1, 0.15) is 39.6 Å². The first-order valence-electron chi connectivity index (χ1n) is 8.39. The molecule has 6 heteroatoms. The maximum Gasteiger partial charge on any atom is 0.261 e.